The van der Waals surface area contributed by atoms with Gasteiger partial charge < -0.3 is 13.9 Å². The van der Waals surface area contributed by atoms with Crippen LogP contribution in [0.4, 0.5) is 5.69 Å². The first kappa shape index (κ1) is 26.1. The van der Waals surface area contributed by atoms with Crippen molar-refractivity contribution in [3.63, 3.8) is 0 Å². The monoisotopic (exact) mass is 543 g/mol. The molecule has 0 aliphatic rings. The van der Waals surface area contributed by atoms with Crippen LogP contribution >= 0.6 is 11.3 Å². The maximum absolute atomic E-state index is 13.6. The number of hydrogen-bond acceptors (Lipinski definition) is 7. The van der Waals surface area contributed by atoms with Gasteiger partial charge in [0.05, 0.1) is 31.3 Å². The van der Waals surface area contributed by atoms with Gasteiger partial charge in [-0.15, -0.1) is 11.3 Å². The molecule has 10 heteroatoms. The molecular weight excluding hydrogens is 514 g/mol. The number of rotatable bonds is 7. The molecule has 9 nitrogen and oxygen atoms in total. The first-order valence-electron chi connectivity index (χ1n) is 12.3. The van der Waals surface area contributed by atoms with Crippen LogP contribution in [0.2, 0.25) is 0 Å². The van der Waals surface area contributed by atoms with E-state index >= 15 is 0 Å². The molecule has 0 radical (unpaired) electrons. The van der Waals surface area contributed by atoms with Crippen molar-refractivity contribution in [1.82, 2.24) is 14.0 Å². The molecule has 0 N–H and O–H groups in total. The van der Waals surface area contributed by atoms with Gasteiger partial charge in [-0.05, 0) is 63.2 Å². The van der Waals surface area contributed by atoms with Gasteiger partial charge in [-0.3, -0.25) is 9.48 Å². The number of ether oxygens (including phenoxy) is 2. The van der Waals surface area contributed by atoms with Gasteiger partial charge in [0.1, 0.15) is 28.7 Å². The second-order valence-corrected chi connectivity index (χ2v) is 9.74. The fourth-order valence-corrected chi connectivity index (χ4v) is 5.11. The molecule has 0 bridgehead atoms. The molecular formula is C29H29N5O4S. The van der Waals surface area contributed by atoms with Crippen LogP contribution in [0, 0.1) is 13.8 Å². The van der Waals surface area contributed by atoms with E-state index in [4.69, 9.17) is 24.0 Å². The van der Waals surface area contributed by atoms with Crippen molar-refractivity contribution in [1.29, 1.82) is 0 Å². The van der Waals surface area contributed by atoms with E-state index in [0.29, 0.717) is 33.5 Å². The quantitative estimate of drug-likeness (QED) is 0.256. The van der Waals surface area contributed by atoms with Crippen molar-refractivity contribution in [3.05, 3.63) is 98.4 Å². The highest BCUT2D eigenvalue weighted by atomic mass is 32.1. The average molecular weight is 544 g/mol. The summed E-state index contributed by atoms with van der Waals surface area (Å²) in [6, 6.07) is 18.8. The zero-order chi connectivity index (χ0) is 27.7. The standard InChI is InChI=1S/C29H29N5O4S/c1-18-12-14-25(38-18)19(2)31-33-24(23-16-22(36-5)13-15-26(23)37-6)17-39-29(33)30-27-20(3)32(4)34(28(27)35)21-10-8-7-9-11-21/h7-17H,1-6H3. The van der Waals surface area contributed by atoms with Gasteiger partial charge in [-0.2, -0.15) is 5.10 Å². The van der Waals surface area contributed by atoms with Crippen molar-refractivity contribution >= 4 is 22.7 Å². The lowest BCUT2D eigenvalue weighted by Gasteiger charge is -2.11. The first-order valence-corrected chi connectivity index (χ1v) is 13.1. The van der Waals surface area contributed by atoms with Gasteiger partial charge >= 0.3 is 0 Å². The highest BCUT2D eigenvalue weighted by Gasteiger charge is 2.19. The van der Waals surface area contributed by atoms with Crippen molar-refractivity contribution in [2.75, 3.05) is 14.2 Å². The minimum absolute atomic E-state index is 0.218. The Morgan fingerprint density at radius 3 is 2.44 bits per heavy atom. The van der Waals surface area contributed by atoms with Crippen LogP contribution in [0.25, 0.3) is 16.9 Å². The van der Waals surface area contributed by atoms with E-state index in [0.717, 1.165) is 28.4 Å². The maximum atomic E-state index is 13.6. The Bertz CT molecular complexity index is 1800. The predicted octanol–water partition coefficient (Wildman–Crippen LogP) is 5.44. The molecule has 2 aromatic carbocycles. The summed E-state index contributed by atoms with van der Waals surface area (Å²) in [4.78, 5) is 19.0. The molecule has 0 aliphatic carbocycles. The molecule has 0 atom stereocenters. The minimum Gasteiger partial charge on any atom is -0.497 e. The Morgan fingerprint density at radius 1 is 1.00 bits per heavy atom. The van der Waals surface area contributed by atoms with Crippen LogP contribution in [0.1, 0.15) is 24.1 Å². The second kappa shape index (κ2) is 10.7. The number of aryl methyl sites for hydroxylation is 1. The summed E-state index contributed by atoms with van der Waals surface area (Å²) >= 11 is 1.37. The molecule has 3 heterocycles. The highest BCUT2D eigenvalue weighted by molar-refractivity contribution is 7.07. The summed E-state index contributed by atoms with van der Waals surface area (Å²) in [6.45, 7) is 5.64. The number of benzene rings is 2. The molecule has 0 saturated carbocycles. The normalized spacial score (nSPS) is 12.3. The van der Waals surface area contributed by atoms with Crippen molar-refractivity contribution < 1.29 is 13.9 Å². The van der Waals surface area contributed by atoms with Crippen LogP contribution in [-0.4, -0.2) is 34.0 Å². The number of methoxy groups -OCH3 is 2. The molecule has 3 aromatic heterocycles. The van der Waals surface area contributed by atoms with Crippen LogP contribution in [0.3, 0.4) is 0 Å². The highest BCUT2D eigenvalue weighted by Crippen LogP contribution is 2.34. The number of thiazole rings is 1. The van der Waals surface area contributed by atoms with Gasteiger partial charge in [-0.1, -0.05) is 18.2 Å². The van der Waals surface area contributed by atoms with E-state index in [-0.39, 0.29) is 5.56 Å². The summed E-state index contributed by atoms with van der Waals surface area (Å²) in [6.07, 6.45) is 0. The largest absolute Gasteiger partial charge is 0.497 e. The third kappa shape index (κ3) is 4.86. The lowest BCUT2D eigenvalue weighted by molar-refractivity contribution is 0.404. The van der Waals surface area contributed by atoms with E-state index < -0.39 is 0 Å². The third-order valence-electron chi connectivity index (χ3n) is 6.45. The Morgan fingerprint density at radius 2 is 1.77 bits per heavy atom. The van der Waals surface area contributed by atoms with Crippen LogP contribution in [-0.2, 0) is 7.05 Å². The maximum Gasteiger partial charge on any atom is 0.297 e. The fourth-order valence-electron chi connectivity index (χ4n) is 4.28. The third-order valence-corrected chi connectivity index (χ3v) is 7.26. The number of nitrogens with zero attached hydrogens (tertiary/aromatic N) is 5. The van der Waals surface area contributed by atoms with Crippen molar-refractivity contribution in [2.45, 2.75) is 20.8 Å². The fraction of sp³-hybridized carbons (Fsp3) is 0.207. The molecule has 39 heavy (non-hydrogen) atoms. The van der Waals surface area contributed by atoms with Crippen molar-refractivity contribution in [3.8, 4) is 28.4 Å². The van der Waals surface area contributed by atoms with E-state index in [9.17, 15) is 4.79 Å². The predicted molar refractivity (Wildman–Crippen MR) is 153 cm³/mol. The first-order chi connectivity index (χ1) is 18.8. The molecule has 0 saturated heterocycles. The lowest BCUT2D eigenvalue weighted by Crippen LogP contribution is -2.20. The molecule has 5 aromatic rings. The topological polar surface area (TPSA) is 88.2 Å². The van der Waals surface area contributed by atoms with Crippen LogP contribution in [0.15, 0.2) is 85.3 Å². The number of aromatic nitrogens is 3. The van der Waals surface area contributed by atoms with Gasteiger partial charge in [-0.25, -0.2) is 14.4 Å². The molecule has 0 spiro atoms. The minimum atomic E-state index is -0.218. The zero-order valence-electron chi connectivity index (χ0n) is 22.6. The Labute approximate surface area is 229 Å². The van der Waals surface area contributed by atoms with Gasteiger partial charge in [0.15, 0.2) is 5.69 Å². The van der Waals surface area contributed by atoms with Crippen LogP contribution in [0.5, 0.6) is 11.5 Å². The van der Waals surface area contributed by atoms with E-state index in [1.807, 2.05) is 93.9 Å². The lowest BCUT2D eigenvalue weighted by atomic mass is 10.1. The zero-order valence-corrected chi connectivity index (χ0v) is 23.4. The van der Waals surface area contributed by atoms with E-state index in [2.05, 4.69) is 0 Å². The summed E-state index contributed by atoms with van der Waals surface area (Å²) in [5.41, 5.74) is 3.76. The molecule has 5 rings (SSSR count). The summed E-state index contributed by atoms with van der Waals surface area (Å²) in [5.74, 6) is 2.76. The molecule has 0 fully saturated rings. The summed E-state index contributed by atoms with van der Waals surface area (Å²) in [5, 5.41) is 6.84. The Kier molecular flexibility index (Phi) is 7.12. The van der Waals surface area contributed by atoms with Crippen LogP contribution < -0.4 is 19.8 Å². The molecule has 0 aliphatic heterocycles. The SMILES string of the molecule is COc1ccc(OC)c(-c2csc(=Nc3c(C)n(C)n(-c4ccccc4)c3=O)n2N=C(C)c2ccc(C)o2)c1. The molecule has 200 valence electrons. The van der Waals surface area contributed by atoms with E-state index in [1.165, 1.54) is 11.3 Å². The van der Waals surface area contributed by atoms with Gasteiger partial charge in [0.2, 0.25) is 4.80 Å². The molecule has 0 unspecified atom stereocenters. The smallest absolute Gasteiger partial charge is 0.297 e. The summed E-state index contributed by atoms with van der Waals surface area (Å²) < 4.78 is 22.1. The second-order valence-electron chi connectivity index (χ2n) is 8.90. The van der Waals surface area contributed by atoms with Gasteiger partial charge in [0, 0.05) is 18.0 Å². The number of hydrogen-bond donors (Lipinski definition) is 0. The van der Waals surface area contributed by atoms with E-state index in [1.54, 1.807) is 28.3 Å². The average Bonchev–Trinajstić information content (AvgIpc) is 3.62. The summed E-state index contributed by atoms with van der Waals surface area (Å²) in [7, 11) is 5.08. The van der Waals surface area contributed by atoms with Gasteiger partial charge in [0.25, 0.3) is 5.56 Å². The molecule has 0 amide bonds. The number of furan rings is 1. The number of para-hydroxylation sites is 1. The van der Waals surface area contributed by atoms with Crippen molar-refractivity contribution in [2.24, 2.45) is 17.1 Å². The Hall–Kier alpha value is -4.57. The Balaban J connectivity index is 1.77.